The largest absolute Gasteiger partial charge is 0.394 e. The molecule has 0 rings (SSSR count). The van der Waals surface area contributed by atoms with Crippen LogP contribution in [-0.4, -0.2) is 45.3 Å². The quantitative estimate of drug-likeness (QED) is 0.156. The van der Waals surface area contributed by atoms with E-state index in [1.165, 1.54) is 102 Å². The molecule has 4 nitrogen and oxygen atoms in total. The number of aliphatic hydroxyl groups is 4. The molecule has 0 aromatic carbocycles. The summed E-state index contributed by atoms with van der Waals surface area (Å²) in [6, 6.07) is 0. The van der Waals surface area contributed by atoms with E-state index in [2.05, 4.69) is 6.92 Å². The molecule has 0 radical (unpaired) electrons. The molecule has 0 aromatic heterocycles. The molecule has 0 aliphatic carbocycles. The maximum atomic E-state index is 9.65. The maximum Gasteiger partial charge on any atom is 0.112 e. The molecule has 0 amide bonds. The van der Waals surface area contributed by atoms with E-state index in [1.54, 1.807) is 0 Å². The van der Waals surface area contributed by atoms with Gasteiger partial charge >= 0.3 is 0 Å². The molecule has 0 saturated heterocycles. The first-order valence-corrected chi connectivity index (χ1v) is 11.9. The predicted octanol–water partition coefficient (Wildman–Crippen LogP) is 5.27. The van der Waals surface area contributed by atoms with Crippen molar-refractivity contribution in [3.8, 4) is 0 Å². The van der Waals surface area contributed by atoms with Crippen LogP contribution in [0.2, 0.25) is 0 Å². The van der Waals surface area contributed by atoms with Gasteiger partial charge in [-0.05, 0) is 12.8 Å². The Morgan fingerprint density at radius 1 is 0.607 bits per heavy atom. The fraction of sp³-hybridized carbons (Fsp3) is 0.917. The van der Waals surface area contributed by atoms with Crippen molar-refractivity contribution in [2.75, 3.05) is 6.61 Å². The lowest BCUT2D eigenvalue weighted by Crippen LogP contribution is -2.38. The van der Waals surface area contributed by atoms with Gasteiger partial charge in [-0.25, -0.2) is 0 Å². The van der Waals surface area contributed by atoms with Crippen LogP contribution in [0.15, 0.2) is 12.2 Å². The summed E-state index contributed by atoms with van der Waals surface area (Å²) in [5.74, 6) is 0. The molecule has 4 heteroatoms. The minimum Gasteiger partial charge on any atom is -0.394 e. The highest BCUT2D eigenvalue weighted by molar-refractivity contribution is 4.94. The highest BCUT2D eigenvalue weighted by Gasteiger charge is 2.21. The van der Waals surface area contributed by atoms with Crippen LogP contribution in [0.25, 0.3) is 0 Å². The Balaban J connectivity index is 3.26. The van der Waals surface area contributed by atoms with Crippen molar-refractivity contribution in [1.82, 2.24) is 0 Å². The molecule has 0 aliphatic heterocycles. The van der Waals surface area contributed by atoms with Gasteiger partial charge in [0.25, 0.3) is 0 Å². The van der Waals surface area contributed by atoms with Crippen molar-refractivity contribution < 1.29 is 20.4 Å². The lowest BCUT2D eigenvalue weighted by atomic mass is 10.0. The molecule has 0 spiro atoms. The third-order valence-corrected chi connectivity index (χ3v) is 5.49. The summed E-state index contributed by atoms with van der Waals surface area (Å²) >= 11 is 0. The zero-order valence-electron chi connectivity index (χ0n) is 18.4. The number of allylic oxidation sites excluding steroid dienone is 1. The number of rotatable bonds is 21. The molecule has 168 valence electrons. The standard InChI is InChI=1S/C24H48O4/c1-2-3-4-5-6-7-8-9-10-11-12-13-14-15-16-17-18-19-20-22(26)24(28)23(27)21-25/h19-20,22-28H,2-18,21H2,1H3/b20-19+. The van der Waals surface area contributed by atoms with E-state index in [0.717, 1.165) is 12.8 Å². The summed E-state index contributed by atoms with van der Waals surface area (Å²) in [5, 5.41) is 37.2. The van der Waals surface area contributed by atoms with Gasteiger partial charge in [0, 0.05) is 0 Å². The van der Waals surface area contributed by atoms with Crippen LogP contribution in [-0.2, 0) is 0 Å². The molecule has 0 heterocycles. The lowest BCUT2D eigenvalue weighted by molar-refractivity contribution is -0.0611. The molecule has 0 fully saturated rings. The molecular weight excluding hydrogens is 352 g/mol. The Morgan fingerprint density at radius 2 is 1.00 bits per heavy atom. The summed E-state index contributed by atoms with van der Waals surface area (Å²) < 4.78 is 0. The van der Waals surface area contributed by atoms with Gasteiger partial charge in [0.1, 0.15) is 18.3 Å². The molecule has 3 unspecified atom stereocenters. The van der Waals surface area contributed by atoms with Crippen LogP contribution in [0.5, 0.6) is 0 Å². The molecule has 3 atom stereocenters. The van der Waals surface area contributed by atoms with Crippen LogP contribution >= 0.6 is 0 Å². The van der Waals surface area contributed by atoms with Gasteiger partial charge in [0.2, 0.25) is 0 Å². The Kier molecular flexibility index (Phi) is 21.0. The zero-order valence-corrected chi connectivity index (χ0v) is 18.4. The van der Waals surface area contributed by atoms with Gasteiger partial charge in [-0.2, -0.15) is 0 Å². The van der Waals surface area contributed by atoms with E-state index in [1.807, 2.05) is 6.08 Å². The smallest absolute Gasteiger partial charge is 0.112 e. The number of unbranched alkanes of at least 4 members (excludes halogenated alkanes) is 16. The highest BCUT2D eigenvalue weighted by Crippen LogP contribution is 2.14. The second-order valence-electron chi connectivity index (χ2n) is 8.25. The number of hydrogen-bond acceptors (Lipinski definition) is 4. The molecular formula is C24H48O4. The summed E-state index contributed by atoms with van der Waals surface area (Å²) in [4.78, 5) is 0. The van der Waals surface area contributed by atoms with Crippen LogP contribution in [0.1, 0.15) is 116 Å². The topological polar surface area (TPSA) is 80.9 Å². The molecule has 0 bridgehead atoms. The first-order valence-electron chi connectivity index (χ1n) is 11.9. The highest BCUT2D eigenvalue weighted by atomic mass is 16.4. The summed E-state index contributed by atoms with van der Waals surface area (Å²) in [5.41, 5.74) is 0. The summed E-state index contributed by atoms with van der Waals surface area (Å²) in [6.45, 7) is 1.72. The van der Waals surface area contributed by atoms with E-state index in [-0.39, 0.29) is 0 Å². The molecule has 0 saturated carbocycles. The number of aliphatic hydroxyl groups excluding tert-OH is 4. The van der Waals surface area contributed by atoms with Gasteiger partial charge in [0.05, 0.1) is 6.61 Å². The minimum absolute atomic E-state index is 0.550. The molecule has 0 aromatic rings. The first-order chi connectivity index (χ1) is 13.6. The van der Waals surface area contributed by atoms with Crippen molar-refractivity contribution in [3.05, 3.63) is 12.2 Å². The number of hydrogen-bond donors (Lipinski definition) is 4. The third kappa shape index (κ3) is 17.7. The summed E-state index contributed by atoms with van der Waals surface area (Å²) in [7, 11) is 0. The Bertz CT molecular complexity index is 333. The fourth-order valence-corrected chi connectivity index (χ4v) is 3.50. The van der Waals surface area contributed by atoms with Gasteiger partial charge in [0.15, 0.2) is 0 Å². The van der Waals surface area contributed by atoms with E-state index in [0.29, 0.717) is 0 Å². The summed E-state index contributed by atoms with van der Waals surface area (Å²) in [6.07, 6.45) is 22.1. The fourth-order valence-electron chi connectivity index (χ4n) is 3.50. The Labute approximate surface area is 174 Å². The second-order valence-corrected chi connectivity index (χ2v) is 8.25. The average molecular weight is 401 g/mol. The Hall–Kier alpha value is -0.420. The van der Waals surface area contributed by atoms with E-state index >= 15 is 0 Å². The van der Waals surface area contributed by atoms with Crippen molar-refractivity contribution >= 4 is 0 Å². The van der Waals surface area contributed by atoms with Crippen molar-refractivity contribution in [1.29, 1.82) is 0 Å². The van der Waals surface area contributed by atoms with E-state index in [9.17, 15) is 15.3 Å². The minimum atomic E-state index is -1.33. The second kappa shape index (κ2) is 21.3. The molecule has 0 aliphatic rings. The monoisotopic (exact) mass is 400 g/mol. The van der Waals surface area contributed by atoms with Crippen LogP contribution < -0.4 is 0 Å². The van der Waals surface area contributed by atoms with Crippen LogP contribution in [0.4, 0.5) is 0 Å². The Morgan fingerprint density at radius 3 is 1.39 bits per heavy atom. The van der Waals surface area contributed by atoms with Gasteiger partial charge in [-0.1, -0.05) is 115 Å². The van der Waals surface area contributed by atoms with Crippen LogP contribution in [0, 0.1) is 0 Å². The van der Waals surface area contributed by atoms with Gasteiger partial charge in [-0.15, -0.1) is 0 Å². The first kappa shape index (κ1) is 27.6. The van der Waals surface area contributed by atoms with Crippen LogP contribution in [0.3, 0.4) is 0 Å². The van der Waals surface area contributed by atoms with Crippen molar-refractivity contribution in [2.24, 2.45) is 0 Å². The third-order valence-electron chi connectivity index (χ3n) is 5.49. The van der Waals surface area contributed by atoms with E-state index < -0.39 is 24.9 Å². The van der Waals surface area contributed by atoms with E-state index in [4.69, 9.17) is 5.11 Å². The normalized spacial score (nSPS) is 15.2. The SMILES string of the molecule is CCCCCCCCCCCCCCCCCC/C=C/C(O)C(O)C(O)CO. The molecule has 28 heavy (non-hydrogen) atoms. The van der Waals surface area contributed by atoms with Crippen molar-refractivity contribution in [2.45, 2.75) is 134 Å². The van der Waals surface area contributed by atoms with Crippen molar-refractivity contribution in [3.63, 3.8) is 0 Å². The lowest BCUT2D eigenvalue weighted by Gasteiger charge is -2.18. The molecule has 4 N–H and O–H groups in total. The van der Waals surface area contributed by atoms with Gasteiger partial charge < -0.3 is 20.4 Å². The van der Waals surface area contributed by atoms with Gasteiger partial charge in [-0.3, -0.25) is 0 Å². The zero-order chi connectivity index (χ0) is 20.9. The maximum absolute atomic E-state index is 9.65. The average Bonchev–Trinajstić information content (AvgIpc) is 2.71. The predicted molar refractivity (Wildman–Crippen MR) is 118 cm³/mol.